The Morgan fingerprint density at radius 3 is 2.78 bits per heavy atom. The summed E-state index contributed by atoms with van der Waals surface area (Å²) in [4.78, 5) is 11.7. The first-order chi connectivity index (χ1) is 8.74. The number of hydrogen-bond acceptors (Lipinski definition) is 2. The van der Waals surface area contributed by atoms with E-state index in [0.29, 0.717) is 5.92 Å². The maximum Gasteiger partial charge on any atom is 0.317 e. The van der Waals surface area contributed by atoms with Crippen LogP contribution in [0.25, 0.3) is 0 Å². The fourth-order valence-electron chi connectivity index (χ4n) is 2.82. The van der Waals surface area contributed by atoms with Crippen LogP contribution >= 0.6 is 0 Å². The first-order valence-electron chi connectivity index (χ1n) is 6.49. The molecule has 18 heavy (non-hydrogen) atoms. The Balaban J connectivity index is 1.88. The number of ether oxygens (including phenoxy) is 1. The van der Waals surface area contributed by atoms with Gasteiger partial charge in [0.25, 0.3) is 0 Å². The van der Waals surface area contributed by atoms with Crippen molar-refractivity contribution in [2.24, 2.45) is 5.92 Å². The molecular formula is C14H18N2O2. The highest BCUT2D eigenvalue weighted by atomic mass is 16.5. The molecular weight excluding hydrogens is 228 g/mol. The van der Waals surface area contributed by atoms with Gasteiger partial charge in [-0.1, -0.05) is 29.8 Å². The number of nitrogens with one attached hydrogen (secondary N) is 2. The van der Waals surface area contributed by atoms with E-state index in [9.17, 15) is 4.79 Å². The van der Waals surface area contributed by atoms with Crippen molar-refractivity contribution in [2.45, 2.75) is 32.0 Å². The SMILES string of the molecule is Cc1ccc(C2NC(=O)NC3OCCCC32)cc1. The molecule has 4 heteroatoms. The van der Waals surface area contributed by atoms with Crippen LogP contribution in [0.1, 0.15) is 30.0 Å². The molecule has 3 unspecified atom stereocenters. The molecule has 0 saturated carbocycles. The van der Waals surface area contributed by atoms with Gasteiger partial charge < -0.3 is 15.4 Å². The number of carbonyl (C=O) groups is 1. The average Bonchev–Trinajstić information content (AvgIpc) is 2.38. The van der Waals surface area contributed by atoms with Gasteiger partial charge >= 0.3 is 6.03 Å². The molecule has 2 N–H and O–H groups in total. The van der Waals surface area contributed by atoms with Crippen molar-refractivity contribution in [1.82, 2.24) is 10.6 Å². The number of carbonyl (C=O) groups excluding carboxylic acids is 1. The molecule has 2 aliphatic rings. The van der Waals surface area contributed by atoms with E-state index < -0.39 is 0 Å². The van der Waals surface area contributed by atoms with Crippen LogP contribution in [0, 0.1) is 12.8 Å². The van der Waals surface area contributed by atoms with Gasteiger partial charge in [0, 0.05) is 12.5 Å². The lowest BCUT2D eigenvalue weighted by Crippen LogP contribution is -2.58. The Hall–Kier alpha value is -1.55. The van der Waals surface area contributed by atoms with Crippen molar-refractivity contribution in [2.75, 3.05) is 6.61 Å². The zero-order chi connectivity index (χ0) is 12.5. The number of urea groups is 1. The van der Waals surface area contributed by atoms with Gasteiger partial charge in [-0.15, -0.1) is 0 Å². The van der Waals surface area contributed by atoms with Gasteiger partial charge in [0.15, 0.2) is 0 Å². The third-order valence-electron chi connectivity index (χ3n) is 3.79. The third kappa shape index (κ3) is 2.08. The summed E-state index contributed by atoms with van der Waals surface area (Å²) < 4.78 is 5.66. The predicted molar refractivity (Wildman–Crippen MR) is 68.1 cm³/mol. The third-order valence-corrected chi connectivity index (χ3v) is 3.79. The van der Waals surface area contributed by atoms with Gasteiger partial charge in [-0.05, 0) is 25.3 Å². The Labute approximate surface area is 107 Å². The molecule has 0 aliphatic carbocycles. The van der Waals surface area contributed by atoms with Gasteiger partial charge in [-0.2, -0.15) is 0 Å². The van der Waals surface area contributed by atoms with Crippen LogP contribution in [0.4, 0.5) is 4.79 Å². The maximum atomic E-state index is 11.7. The number of fused-ring (bicyclic) bond motifs is 1. The summed E-state index contributed by atoms with van der Waals surface area (Å²) in [6.07, 6.45) is 2.00. The molecule has 0 radical (unpaired) electrons. The second kappa shape index (κ2) is 4.61. The minimum Gasteiger partial charge on any atom is -0.358 e. The fourth-order valence-corrected chi connectivity index (χ4v) is 2.82. The highest BCUT2D eigenvalue weighted by molar-refractivity contribution is 5.75. The van der Waals surface area contributed by atoms with Crippen LogP contribution in [-0.2, 0) is 4.74 Å². The van der Waals surface area contributed by atoms with E-state index in [-0.39, 0.29) is 18.3 Å². The molecule has 1 aromatic carbocycles. The summed E-state index contributed by atoms with van der Waals surface area (Å²) >= 11 is 0. The van der Waals surface area contributed by atoms with Crippen LogP contribution < -0.4 is 10.6 Å². The highest BCUT2D eigenvalue weighted by Crippen LogP contribution is 2.34. The number of amides is 2. The first kappa shape index (κ1) is 11.5. The van der Waals surface area contributed by atoms with E-state index in [0.717, 1.165) is 25.0 Å². The van der Waals surface area contributed by atoms with E-state index in [4.69, 9.17) is 4.74 Å². The normalized spacial score (nSPS) is 31.2. The Morgan fingerprint density at radius 2 is 2.00 bits per heavy atom. The van der Waals surface area contributed by atoms with Crippen molar-refractivity contribution >= 4 is 6.03 Å². The van der Waals surface area contributed by atoms with Gasteiger partial charge in [-0.25, -0.2) is 4.79 Å². The Kier molecular flexibility index (Phi) is 2.96. The summed E-state index contributed by atoms with van der Waals surface area (Å²) in [5, 5.41) is 5.88. The number of aryl methyl sites for hydroxylation is 1. The van der Waals surface area contributed by atoms with Crippen molar-refractivity contribution in [3.05, 3.63) is 35.4 Å². The molecule has 3 rings (SSSR count). The van der Waals surface area contributed by atoms with E-state index >= 15 is 0 Å². The quantitative estimate of drug-likeness (QED) is 0.797. The van der Waals surface area contributed by atoms with Crippen LogP contribution in [0.5, 0.6) is 0 Å². The molecule has 2 aliphatic heterocycles. The molecule has 1 aromatic rings. The second-order valence-electron chi connectivity index (χ2n) is 5.10. The lowest BCUT2D eigenvalue weighted by Gasteiger charge is -2.41. The largest absolute Gasteiger partial charge is 0.358 e. The monoisotopic (exact) mass is 246 g/mol. The van der Waals surface area contributed by atoms with Crippen LogP contribution in [0.15, 0.2) is 24.3 Å². The van der Waals surface area contributed by atoms with Crippen LogP contribution in [0.2, 0.25) is 0 Å². The van der Waals surface area contributed by atoms with Crippen molar-refractivity contribution in [3.8, 4) is 0 Å². The maximum absolute atomic E-state index is 11.7. The van der Waals surface area contributed by atoms with Gasteiger partial charge in [-0.3, -0.25) is 0 Å². The molecule has 2 saturated heterocycles. The molecule has 2 heterocycles. The van der Waals surface area contributed by atoms with Crippen molar-refractivity contribution in [3.63, 3.8) is 0 Å². The van der Waals surface area contributed by atoms with Crippen LogP contribution in [-0.4, -0.2) is 18.9 Å². The lowest BCUT2D eigenvalue weighted by atomic mass is 9.85. The molecule has 0 bridgehead atoms. The van der Waals surface area contributed by atoms with Crippen molar-refractivity contribution < 1.29 is 9.53 Å². The topological polar surface area (TPSA) is 50.4 Å². The molecule has 0 aromatic heterocycles. The highest BCUT2D eigenvalue weighted by Gasteiger charge is 2.39. The van der Waals surface area contributed by atoms with Gasteiger partial charge in [0.2, 0.25) is 0 Å². The Bertz CT molecular complexity index is 444. The standard InChI is InChI=1S/C14H18N2O2/c1-9-4-6-10(7-5-9)12-11-3-2-8-18-13(11)16-14(17)15-12/h4-7,11-13H,2-3,8H2,1H3,(H2,15,16,17). The smallest absolute Gasteiger partial charge is 0.317 e. The van der Waals surface area contributed by atoms with Gasteiger partial charge in [0.05, 0.1) is 6.04 Å². The lowest BCUT2D eigenvalue weighted by molar-refractivity contribution is -0.0602. The molecule has 0 spiro atoms. The predicted octanol–water partition coefficient (Wildman–Crippen LogP) is 2.10. The van der Waals surface area contributed by atoms with E-state index in [2.05, 4.69) is 41.8 Å². The number of benzene rings is 1. The fraction of sp³-hybridized carbons (Fsp3) is 0.500. The summed E-state index contributed by atoms with van der Waals surface area (Å²) in [7, 11) is 0. The van der Waals surface area contributed by atoms with E-state index in [1.807, 2.05) is 0 Å². The summed E-state index contributed by atoms with van der Waals surface area (Å²) in [6.45, 7) is 2.80. The zero-order valence-corrected chi connectivity index (χ0v) is 10.5. The number of hydrogen-bond donors (Lipinski definition) is 2. The average molecular weight is 246 g/mol. The number of rotatable bonds is 1. The van der Waals surface area contributed by atoms with Gasteiger partial charge in [0.1, 0.15) is 6.23 Å². The van der Waals surface area contributed by atoms with Crippen molar-refractivity contribution in [1.29, 1.82) is 0 Å². The van der Waals surface area contributed by atoms with Crippen LogP contribution in [0.3, 0.4) is 0 Å². The second-order valence-corrected chi connectivity index (χ2v) is 5.10. The zero-order valence-electron chi connectivity index (χ0n) is 10.5. The molecule has 2 fully saturated rings. The minimum atomic E-state index is -0.140. The molecule has 3 atom stereocenters. The minimum absolute atomic E-state index is 0.0599. The molecule has 96 valence electrons. The summed E-state index contributed by atoms with van der Waals surface area (Å²) in [5.41, 5.74) is 2.39. The first-order valence-corrected chi connectivity index (χ1v) is 6.49. The molecule has 4 nitrogen and oxygen atoms in total. The molecule has 2 amide bonds. The summed E-state index contributed by atoms with van der Waals surface area (Å²) in [5.74, 6) is 0.319. The van der Waals surface area contributed by atoms with E-state index in [1.54, 1.807) is 0 Å². The summed E-state index contributed by atoms with van der Waals surface area (Å²) in [6, 6.07) is 8.28. The Morgan fingerprint density at radius 1 is 1.22 bits per heavy atom. The van der Waals surface area contributed by atoms with E-state index in [1.165, 1.54) is 5.56 Å².